The van der Waals surface area contributed by atoms with Gasteiger partial charge in [-0.05, 0) is 45.1 Å². The molecular formula is C22H30N2O3. The second-order valence-corrected chi connectivity index (χ2v) is 8.54. The molecule has 1 fully saturated rings. The lowest BCUT2D eigenvalue weighted by Crippen LogP contribution is -2.46. The van der Waals surface area contributed by atoms with Crippen molar-refractivity contribution in [3.8, 4) is 0 Å². The summed E-state index contributed by atoms with van der Waals surface area (Å²) in [7, 11) is 0. The summed E-state index contributed by atoms with van der Waals surface area (Å²) in [4.78, 5) is 25.9. The number of hydrogen-bond acceptors (Lipinski definition) is 3. The molecule has 1 unspecified atom stereocenters. The van der Waals surface area contributed by atoms with E-state index < -0.39 is 0 Å². The predicted octanol–water partition coefficient (Wildman–Crippen LogP) is 3.74. The maximum absolute atomic E-state index is 13.1. The summed E-state index contributed by atoms with van der Waals surface area (Å²) in [5.74, 6) is 0.373. The molecular weight excluding hydrogens is 340 g/mol. The van der Waals surface area contributed by atoms with Crippen molar-refractivity contribution in [2.75, 3.05) is 6.61 Å². The monoisotopic (exact) mass is 370 g/mol. The van der Waals surface area contributed by atoms with Gasteiger partial charge in [-0.25, -0.2) is 0 Å². The van der Waals surface area contributed by atoms with Crippen LogP contribution in [0, 0.1) is 5.92 Å². The van der Waals surface area contributed by atoms with Crippen LogP contribution >= 0.6 is 0 Å². The van der Waals surface area contributed by atoms with Crippen LogP contribution in [0.2, 0.25) is 0 Å². The molecule has 2 heterocycles. The molecule has 146 valence electrons. The van der Waals surface area contributed by atoms with Gasteiger partial charge >= 0.3 is 0 Å². The first kappa shape index (κ1) is 19.6. The topological polar surface area (TPSA) is 60.3 Å². The van der Waals surface area contributed by atoms with Gasteiger partial charge in [0, 0.05) is 36.2 Å². The van der Waals surface area contributed by atoms with Crippen molar-refractivity contribution in [3.63, 3.8) is 0 Å². The fraction of sp³-hybridized carbons (Fsp3) is 0.545. The number of benzene rings is 1. The third-order valence-electron chi connectivity index (χ3n) is 5.22. The van der Waals surface area contributed by atoms with Gasteiger partial charge in [0.15, 0.2) is 0 Å². The lowest BCUT2D eigenvalue weighted by molar-refractivity contribution is -0.0615. The highest BCUT2D eigenvalue weighted by Gasteiger charge is 2.30. The lowest BCUT2D eigenvalue weighted by Gasteiger charge is -2.35. The van der Waals surface area contributed by atoms with Crippen molar-refractivity contribution in [3.05, 3.63) is 46.4 Å². The standard InChI is InChI=1S/C22H30N2O3/c1-15(2)9-11-24-14-19(17-7-5-6-8-18(17)21(24)26)20(25)23-16-10-12-27-22(3,4)13-16/h5-8,14-16H,9-13H2,1-4H3,(H,23,25). The summed E-state index contributed by atoms with van der Waals surface area (Å²) in [5.41, 5.74) is 0.308. The number of ether oxygens (including phenoxy) is 1. The van der Waals surface area contributed by atoms with E-state index >= 15 is 0 Å². The average Bonchev–Trinajstić information content (AvgIpc) is 2.60. The van der Waals surface area contributed by atoms with Gasteiger partial charge in [-0.3, -0.25) is 9.59 Å². The molecule has 5 heteroatoms. The largest absolute Gasteiger partial charge is 0.375 e. The van der Waals surface area contributed by atoms with Gasteiger partial charge in [-0.15, -0.1) is 0 Å². The van der Waals surface area contributed by atoms with Gasteiger partial charge in [0.1, 0.15) is 0 Å². The molecule has 1 saturated heterocycles. The Hall–Kier alpha value is -2.14. The molecule has 0 radical (unpaired) electrons. The van der Waals surface area contributed by atoms with E-state index in [-0.39, 0.29) is 23.1 Å². The first-order valence-corrected chi connectivity index (χ1v) is 9.84. The third-order valence-corrected chi connectivity index (χ3v) is 5.22. The zero-order valence-corrected chi connectivity index (χ0v) is 16.7. The van der Waals surface area contributed by atoms with Crippen LogP contribution in [0.3, 0.4) is 0 Å². The molecule has 0 saturated carbocycles. The van der Waals surface area contributed by atoms with Crippen molar-refractivity contribution in [2.45, 2.75) is 65.1 Å². The molecule has 1 aromatic carbocycles. The van der Waals surface area contributed by atoms with Crippen LogP contribution in [0.15, 0.2) is 35.3 Å². The number of pyridine rings is 1. The van der Waals surface area contributed by atoms with E-state index in [1.54, 1.807) is 16.8 Å². The second kappa shape index (κ2) is 7.85. The van der Waals surface area contributed by atoms with E-state index in [0.29, 0.717) is 35.4 Å². The van der Waals surface area contributed by atoms with E-state index in [1.165, 1.54) is 0 Å². The Kier molecular flexibility index (Phi) is 5.70. The number of hydrogen-bond donors (Lipinski definition) is 1. The van der Waals surface area contributed by atoms with E-state index in [1.807, 2.05) is 32.0 Å². The molecule has 0 aliphatic carbocycles. The number of nitrogens with zero attached hydrogens (tertiary/aromatic N) is 1. The Balaban J connectivity index is 1.93. The van der Waals surface area contributed by atoms with Gasteiger partial charge in [-0.1, -0.05) is 32.0 Å². The second-order valence-electron chi connectivity index (χ2n) is 8.54. The van der Waals surface area contributed by atoms with E-state index in [0.717, 1.165) is 19.3 Å². The molecule has 1 atom stereocenters. The summed E-state index contributed by atoms with van der Waals surface area (Å²) in [6, 6.07) is 7.45. The number of carbonyl (C=O) groups excluding carboxylic acids is 1. The summed E-state index contributed by atoms with van der Waals surface area (Å²) in [5, 5.41) is 4.47. The van der Waals surface area contributed by atoms with Crippen molar-refractivity contribution < 1.29 is 9.53 Å². The zero-order chi connectivity index (χ0) is 19.6. The molecule has 0 bridgehead atoms. The van der Waals surface area contributed by atoms with E-state index in [2.05, 4.69) is 19.2 Å². The van der Waals surface area contributed by atoms with Gasteiger partial charge in [0.25, 0.3) is 11.5 Å². The lowest BCUT2D eigenvalue weighted by atomic mass is 9.93. The first-order valence-electron chi connectivity index (χ1n) is 9.84. The maximum atomic E-state index is 13.1. The Labute approximate surface area is 160 Å². The fourth-order valence-corrected chi connectivity index (χ4v) is 3.71. The number of aryl methyl sites for hydroxylation is 1. The summed E-state index contributed by atoms with van der Waals surface area (Å²) in [6.45, 7) is 9.62. The van der Waals surface area contributed by atoms with Crippen molar-refractivity contribution in [1.29, 1.82) is 0 Å². The first-order chi connectivity index (χ1) is 12.8. The number of amides is 1. The molecule has 1 aliphatic rings. The van der Waals surface area contributed by atoms with Gasteiger partial charge in [0.05, 0.1) is 11.2 Å². The Morgan fingerprint density at radius 1 is 1.30 bits per heavy atom. The fourth-order valence-electron chi connectivity index (χ4n) is 3.71. The minimum atomic E-state index is -0.228. The highest BCUT2D eigenvalue weighted by molar-refractivity contribution is 6.06. The third kappa shape index (κ3) is 4.59. The normalized spacial score (nSPS) is 19.4. The summed E-state index contributed by atoms with van der Waals surface area (Å²) >= 11 is 0. The average molecular weight is 370 g/mol. The van der Waals surface area contributed by atoms with Crippen LogP contribution in [-0.4, -0.2) is 28.7 Å². The van der Waals surface area contributed by atoms with Crippen molar-refractivity contribution in [1.82, 2.24) is 9.88 Å². The molecule has 1 N–H and O–H groups in total. The maximum Gasteiger partial charge on any atom is 0.258 e. The van der Waals surface area contributed by atoms with Crippen LogP contribution in [-0.2, 0) is 11.3 Å². The smallest absolute Gasteiger partial charge is 0.258 e. The summed E-state index contributed by atoms with van der Waals surface area (Å²) in [6.07, 6.45) is 4.21. The zero-order valence-electron chi connectivity index (χ0n) is 16.7. The number of rotatable bonds is 5. The Morgan fingerprint density at radius 3 is 2.67 bits per heavy atom. The van der Waals surface area contributed by atoms with Gasteiger partial charge in [-0.2, -0.15) is 0 Å². The molecule has 1 aromatic heterocycles. The molecule has 2 aromatic rings. The number of aromatic nitrogens is 1. The molecule has 5 nitrogen and oxygen atoms in total. The molecule has 27 heavy (non-hydrogen) atoms. The van der Waals surface area contributed by atoms with Gasteiger partial charge in [0.2, 0.25) is 0 Å². The SMILES string of the molecule is CC(C)CCn1cc(C(=O)NC2CCOC(C)(C)C2)c2ccccc2c1=O. The number of fused-ring (bicyclic) bond motifs is 1. The molecule has 1 aliphatic heterocycles. The minimum Gasteiger partial charge on any atom is -0.375 e. The Bertz CT molecular complexity index is 883. The van der Waals surface area contributed by atoms with Crippen LogP contribution in [0.5, 0.6) is 0 Å². The van der Waals surface area contributed by atoms with Crippen molar-refractivity contribution in [2.24, 2.45) is 5.92 Å². The van der Waals surface area contributed by atoms with Crippen LogP contribution in [0.1, 0.15) is 57.3 Å². The van der Waals surface area contributed by atoms with Crippen LogP contribution in [0.25, 0.3) is 10.8 Å². The molecule has 3 rings (SSSR count). The minimum absolute atomic E-state index is 0.0324. The Morgan fingerprint density at radius 2 is 2.00 bits per heavy atom. The quantitative estimate of drug-likeness (QED) is 0.872. The van der Waals surface area contributed by atoms with Crippen LogP contribution < -0.4 is 10.9 Å². The summed E-state index contributed by atoms with van der Waals surface area (Å²) < 4.78 is 7.43. The number of carbonyl (C=O) groups is 1. The number of nitrogens with one attached hydrogen (secondary N) is 1. The molecule has 0 spiro atoms. The highest BCUT2D eigenvalue weighted by Crippen LogP contribution is 2.24. The molecule has 1 amide bonds. The van der Waals surface area contributed by atoms with E-state index in [4.69, 9.17) is 4.74 Å². The van der Waals surface area contributed by atoms with Crippen LogP contribution in [0.4, 0.5) is 0 Å². The van der Waals surface area contributed by atoms with Crippen molar-refractivity contribution >= 4 is 16.7 Å². The predicted molar refractivity (Wildman–Crippen MR) is 108 cm³/mol. The highest BCUT2D eigenvalue weighted by atomic mass is 16.5. The van der Waals surface area contributed by atoms with E-state index in [9.17, 15) is 9.59 Å². The van der Waals surface area contributed by atoms with Gasteiger partial charge < -0.3 is 14.6 Å².